The second-order valence-corrected chi connectivity index (χ2v) is 12.2. The van der Waals surface area contributed by atoms with E-state index in [2.05, 4.69) is 49.1 Å². The molecule has 0 amide bonds. The first-order valence-corrected chi connectivity index (χ1v) is 10.9. The van der Waals surface area contributed by atoms with Crippen LogP contribution >= 0.6 is 11.6 Å². The van der Waals surface area contributed by atoms with Crippen LogP contribution in [-0.2, 0) is 0 Å². The molecule has 1 aromatic carbocycles. The van der Waals surface area contributed by atoms with Gasteiger partial charge in [0.05, 0.1) is 0 Å². The average molecular weight is 350 g/mol. The Bertz CT molecular complexity index is 698. The maximum Gasteiger partial charge on any atom is 0.250 e. The first kappa shape index (κ1) is 17.8. The van der Waals surface area contributed by atoms with E-state index in [4.69, 9.17) is 16.0 Å². The normalized spacial score (nSPS) is 12.1. The van der Waals surface area contributed by atoms with Gasteiger partial charge in [-0.2, -0.15) is 0 Å². The predicted octanol–water partition coefficient (Wildman–Crippen LogP) is 5.57. The van der Waals surface area contributed by atoms with Gasteiger partial charge in [0.2, 0.25) is 13.6 Å². The topological polar surface area (TPSA) is 47.0 Å². The van der Waals surface area contributed by atoms with Crippen molar-refractivity contribution in [3.63, 3.8) is 0 Å². The van der Waals surface area contributed by atoms with Crippen LogP contribution in [0.1, 0.15) is 26.3 Å². The summed E-state index contributed by atoms with van der Waals surface area (Å²) in [5.41, 5.74) is 2.07. The third kappa shape index (κ3) is 4.45. The van der Waals surface area contributed by atoms with Gasteiger partial charge in [0.25, 0.3) is 0 Å². The molecule has 0 spiro atoms. The van der Waals surface area contributed by atoms with Crippen LogP contribution in [0.25, 0.3) is 0 Å². The molecule has 23 heavy (non-hydrogen) atoms. The minimum Gasteiger partial charge on any atom is -0.543 e. The Morgan fingerprint density at radius 2 is 1.87 bits per heavy atom. The molecule has 0 radical (unpaired) electrons. The Morgan fingerprint density at radius 1 is 1.17 bits per heavy atom. The molecule has 1 heterocycles. The van der Waals surface area contributed by atoms with E-state index in [-0.39, 0.29) is 10.3 Å². The van der Waals surface area contributed by atoms with Crippen LogP contribution in [0.5, 0.6) is 5.75 Å². The molecule has 0 saturated heterocycles. The molecule has 1 aromatic heterocycles. The van der Waals surface area contributed by atoms with E-state index >= 15 is 0 Å². The van der Waals surface area contributed by atoms with E-state index in [1.165, 1.54) is 0 Å². The van der Waals surface area contributed by atoms with Crippen molar-refractivity contribution in [1.82, 2.24) is 9.97 Å². The highest BCUT2D eigenvalue weighted by Gasteiger charge is 2.39. The van der Waals surface area contributed by atoms with Gasteiger partial charge in [-0.3, -0.25) is 0 Å². The van der Waals surface area contributed by atoms with Crippen molar-refractivity contribution >= 4 is 31.4 Å². The summed E-state index contributed by atoms with van der Waals surface area (Å²) in [5.74, 6) is 1.54. The highest BCUT2D eigenvalue weighted by molar-refractivity contribution is 6.74. The predicted molar refractivity (Wildman–Crippen MR) is 99.3 cm³/mol. The first-order valence-electron chi connectivity index (χ1n) is 7.64. The fourth-order valence-corrected chi connectivity index (χ4v) is 2.96. The number of hydrogen-bond acceptors (Lipinski definition) is 4. The van der Waals surface area contributed by atoms with E-state index in [0.29, 0.717) is 5.82 Å². The lowest BCUT2D eigenvalue weighted by Crippen LogP contribution is -2.43. The van der Waals surface area contributed by atoms with E-state index in [0.717, 1.165) is 17.0 Å². The summed E-state index contributed by atoms with van der Waals surface area (Å²) in [7, 11) is -1.86. The molecule has 4 nitrogen and oxygen atoms in total. The molecule has 0 aliphatic heterocycles. The summed E-state index contributed by atoms with van der Waals surface area (Å²) < 4.78 is 6.36. The number of nitrogens with zero attached hydrogens (tertiary/aromatic N) is 2. The van der Waals surface area contributed by atoms with Crippen LogP contribution in [-0.4, -0.2) is 18.3 Å². The third-order valence-electron chi connectivity index (χ3n) is 4.28. The van der Waals surface area contributed by atoms with Crippen LogP contribution < -0.4 is 9.74 Å². The van der Waals surface area contributed by atoms with Gasteiger partial charge in [0, 0.05) is 18.0 Å². The van der Waals surface area contributed by atoms with Crippen LogP contribution in [0.3, 0.4) is 0 Å². The Hall–Kier alpha value is -1.59. The van der Waals surface area contributed by atoms with E-state index < -0.39 is 8.32 Å². The van der Waals surface area contributed by atoms with E-state index in [1.54, 1.807) is 12.3 Å². The van der Waals surface area contributed by atoms with Crippen molar-refractivity contribution in [1.29, 1.82) is 0 Å². The van der Waals surface area contributed by atoms with Crippen molar-refractivity contribution in [2.75, 3.05) is 5.32 Å². The standard InChI is InChI=1S/C17H24ClN3OSi/c1-12-7-8-13(22-23(5,6)17(2,3)4)11-14(12)20-15-9-10-19-16(18)21-15/h7-11H,1-6H3,(H,19,20,21). The maximum absolute atomic E-state index is 6.36. The molecule has 0 saturated carbocycles. The minimum atomic E-state index is -1.86. The summed E-state index contributed by atoms with van der Waals surface area (Å²) >= 11 is 5.84. The lowest BCUT2D eigenvalue weighted by molar-refractivity contribution is 0.492. The van der Waals surface area contributed by atoms with Gasteiger partial charge < -0.3 is 9.74 Å². The molecule has 0 unspecified atom stereocenters. The molecule has 0 fully saturated rings. The quantitative estimate of drug-likeness (QED) is 0.579. The molecular weight excluding hydrogens is 326 g/mol. The van der Waals surface area contributed by atoms with Crippen molar-refractivity contribution in [3.05, 3.63) is 41.3 Å². The molecule has 0 bridgehead atoms. The maximum atomic E-state index is 6.36. The fraction of sp³-hybridized carbons (Fsp3) is 0.412. The van der Waals surface area contributed by atoms with Crippen LogP contribution in [0, 0.1) is 6.92 Å². The van der Waals surface area contributed by atoms with Gasteiger partial charge in [0.15, 0.2) is 0 Å². The number of halogens is 1. The van der Waals surface area contributed by atoms with Crippen molar-refractivity contribution in [2.24, 2.45) is 0 Å². The number of rotatable bonds is 4. The van der Waals surface area contributed by atoms with Gasteiger partial charge in [-0.15, -0.1) is 0 Å². The second-order valence-electron chi connectivity index (χ2n) is 7.18. The average Bonchev–Trinajstić information content (AvgIpc) is 2.41. The number of hydrogen-bond donors (Lipinski definition) is 1. The zero-order chi connectivity index (χ0) is 17.3. The second kappa shape index (κ2) is 6.49. The lowest BCUT2D eigenvalue weighted by atomic mass is 10.2. The van der Waals surface area contributed by atoms with Crippen LogP contribution in [0.4, 0.5) is 11.5 Å². The Balaban J connectivity index is 2.26. The van der Waals surface area contributed by atoms with Gasteiger partial charge in [-0.1, -0.05) is 26.8 Å². The number of anilines is 2. The molecular formula is C17H24ClN3OSi. The number of aromatic nitrogens is 2. The molecule has 2 rings (SSSR count). The fourth-order valence-electron chi connectivity index (χ4n) is 1.79. The molecule has 0 aliphatic rings. The Labute approximate surface area is 144 Å². The zero-order valence-corrected chi connectivity index (χ0v) is 16.3. The number of aryl methyl sites for hydroxylation is 1. The van der Waals surface area contributed by atoms with Crippen LogP contribution in [0.15, 0.2) is 30.5 Å². The van der Waals surface area contributed by atoms with Crippen molar-refractivity contribution in [2.45, 2.75) is 45.8 Å². The van der Waals surface area contributed by atoms with Crippen molar-refractivity contribution < 1.29 is 4.43 Å². The van der Waals surface area contributed by atoms with Gasteiger partial charge in [-0.05, 0) is 54.4 Å². The SMILES string of the molecule is Cc1ccc(O[Si](C)(C)C(C)(C)C)cc1Nc1ccnc(Cl)n1. The third-order valence-corrected chi connectivity index (χ3v) is 8.82. The minimum absolute atomic E-state index is 0.158. The van der Waals surface area contributed by atoms with Gasteiger partial charge in [-0.25, -0.2) is 9.97 Å². The summed E-state index contributed by atoms with van der Waals surface area (Å²) in [6.07, 6.45) is 1.63. The summed E-state index contributed by atoms with van der Waals surface area (Å²) in [6, 6.07) is 7.88. The molecule has 124 valence electrons. The lowest BCUT2D eigenvalue weighted by Gasteiger charge is -2.36. The first-order chi connectivity index (χ1) is 10.6. The molecule has 0 aliphatic carbocycles. The Morgan fingerprint density at radius 3 is 2.48 bits per heavy atom. The largest absolute Gasteiger partial charge is 0.543 e. The van der Waals surface area contributed by atoms with Crippen molar-refractivity contribution in [3.8, 4) is 5.75 Å². The van der Waals surface area contributed by atoms with Gasteiger partial charge >= 0.3 is 0 Å². The molecule has 0 atom stereocenters. The van der Waals surface area contributed by atoms with E-state index in [9.17, 15) is 0 Å². The molecule has 2 aromatic rings. The molecule has 6 heteroatoms. The highest BCUT2D eigenvalue weighted by atomic mass is 35.5. The highest BCUT2D eigenvalue weighted by Crippen LogP contribution is 2.38. The zero-order valence-electron chi connectivity index (χ0n) is 14.6. The number of benzene rings is 1. The van der Waals surface area contributed by atoms with Crippen LogP contribution in [0.2, 0.25) is 23.4 Å². The monoisotopic (exact) mass is 349 g/mol. The smallest absolute Gasteiger partial charge is 0.250 e. The molecule has 1 N–H and O–H groups in total. The summed E-state index contributed by atoms with van der Waals surface area (Å²) in [5, 5.41) is 3.66. The number of nitrogens with one attached hydrogen (secondary N) is 1. The Kier molecular flexibility index (Phi) is 5.01. The summed E-state index contributed by atoms with van der Waals surface area (Å²) in [4.78, 5) is 8.06. The van der Waals surface area contributed by atoms with E-state index in [1.807, 2.05) is 25.1 Å². The summed E-state index contributed by atoms with van der Waals surface area (Å²) in [6.45, 7) is 13.2. The van der Waals surface area contributed by atoms with Gasteiger partial charge in [0.1, 0.15) is 11.6 Å².